The van der Waals surface area contributed by atoms with Crippen LogP contribution in [0.2, 0.25) is 0 Å². The lowest BCUT2D eigenvalue weighted by atomic mass is 10.1. The molecule has 1 fully saturated rings. The van der Waals surface area contributed by atoms with Gasteiger partial charge in [0.2, 0.25) is 5.91 Å². The van der Waals surface area contributed by atoms with E-state index in [1.807, 2.05) is 0 Å². The van der Waals surface area contributed by atoms with E-state index in [4.69, 9.17) is 9.84 Å². The standard InChI is InChI=1S/C17H22N2O5/c1-2-13(17(22)23)19-15(20)12-7-5-11(6-8-12)10-18-16(21)14-4-3-9-24-14/h5-8,13-14H,2-4,9-10H2,1H3,(H,18,21)(H,19,20)(H,22,23). The first-order valence-electron chi connectivity index (χ1n) is 8.03. The maximum absolute atomic E-state index is 12.0. The fourth-order valence-corrected chi connectivity index (χ4v) is 2.44. The average Bonchev–Trinajstić information content (AvgIpc) is 3.12. The topological polar surface area (TPSA) is 105 Å². The highest BCUT2D eigenvalue weighted by molar-refractivity contribution is 5.96. The molecule has 0 bridgehead atoms. The van der Waals surface area contributed by atoms with Crippen molar-refractivity contribution in [3.05, 3.63) is 35.4 Å². The first-order valence-corrected chi connectivity index (χ1v) is 8.03. The van der Waals surface area contributed by atoms with Gasteiger partial charge in [-0.1, -0.05) is 19.1 Å². The Bertz CT molecular complexity index is 594. The summed E-state index contributed by atoms with van der Waals surface area (Å²) in [6, 6.07) is 5.77. The predicted octanol–water partition coefficient (Wildman–Crippen LogP) is 1.07. The van der Waals surface area contributed by atoms with Crippen molar-refractivity contribution in [3.63, 3.8) is 0 Å². The van der Waals surface area contributed by atoms with Crippen LogP contribution in [-0.4, -0.2) is 41.6 Å². The molecule has 1 aliphatic heterocycles. The first kappa shape index (κ1) is 17.9. The number of nitrogens with one attached hydrogen (secondary N) is 2. The predicted molar refractivity (Wildman–Crippen MR) is 86.4 cm³/mol. The van der Waals surface area contributed by atoms with Crippen LogP contribution in [0.5, 0.6) is 0 Å². The average molecular weight is 334 g/mol. The van der Waals surface area contributed by atoms with E-state index >= 15 is 0 Å². The molecule has 0 saturated carbocycles. The summed E-state index contributed by atoms with van der Waals surface area (Å²) in [6.45, 7) is 2.67. The first-order chi connectivity index (χ1) is 11.5. The molecule has 2 atom stereocenters. The van der Waals surface area contributed by atoms with Crippen LogP contribution in [-0.2, 0) is 20.9 Å². The van der Waals surface area contributed by atoms with Crippen LogP contribution in [0.3, 0.4) is 0 Å². The summed E-state index contributed by atoms with van der Waals surface area (Å²) in [5.74, 6) is -1.61. The van der Waals surface area contributed by atoms with Gasteiger partial charge in [-0.25, -0.2) is 4.79 Å². The van der Waals surface area contributed by atoms with Gasteiger partial charge in [-0.2, -0.15) is 0 Å². The Kier molecular flexibility index (Phi) is 6.31. The minimum absolute atomic E-state index is 0.124. The molecule has 2 rings (SSSR count). The van der Waals surface area contributed by atoms with Crippen molar-refractivity contribution in [2.45, 2.75) is 44.9 Å². The second-order valence-corrected chi connectivity index (χ2v) is 5.69. The third-order valence-electron chi connectivity index (χ3n) is 3.92. The number of carbonyl (C=O) groups is 3. The molecule has 1 aromatic carbocycles. The molecule has 3 N–H and O–H groups in total. The molecule has 2 unspecified atom stereocenters. The van der Waals surface area contributed by atoms with Gasteiger partial charge in [-0.05, 0) is 37.0 Å². The van der Waals surface area contributed by atoms with Gasteiger partial charge in [0.25, 0.3) is 5.91 Å². The van der Waals surface area contributed by atoms with Crippen LogP contribution in [0.25, 0.3) is 0 Å². The minimum atomic E-state index is -1.06. The van der Waals surface area contributed by atoms with Crippen LogP contribution < -0.4 is 10.6 Å². The van der Waals surface area contributed by atoms with Crippen molar-refractivity contribution in [3.8, 4) is 0 Å². The van der Waals surface area contributed by atoms with Crippen molar-refractivity contribution >= 4 is 17.8 Å². The Hall–Kier alpha value is -2.41. The van der Waals surface area contributed by atoms with Crippen molar-refractivity contribution < 1.29 is 24.2 Å². The molecule has 7 nitrogen and oxygen atoms in total. The van der Waals surface area contributed by atoms with Crippen molar-refractivity contribution in [1.82, 2.24) is 10.6 Å². The number of rotatable bonds is 7. The zero-order chi connectivity index (χ0) is 17.5. The zero-order valence-corrected chi connectivity index (χ0v) is 13.6. The van der Waals surface area contributed by atoms with E-state index in [1.54, 1.807) is 31.2 Å². The van der Waals surface area contributed by atoms with Crippen LogP contribution in [0.4, 0.5) is 0 Å². The van der Waals surface area contributed by atoms with Gasteiger partial charge in [0, 0.05) is 18.7 Å². The summed E-state index contributed by atoms with van der Waals surface area (Å²) in [7, 11) is 0. The highest BCUT2D eigenvalue weighted by Gasteiger charge is 2.23. The molecule has 24 heavy (non-hydrogen) atoms. The largest absolute Gasteiger partial charge is 0.480 e. The number of carboxylic acid groups (broad SMARTS) is 1. The van der Waals surface area contributed by atoms with Gasteiger partial charge in [-0.15, -0.1) is 0 Å². The number of aliphatic carboxylic acids is 1. The minimum Gasteiger partial charge on any atom is -0.480 e. The molecule has 1 saturated heterocycles. The SMILES string of the molecule is CCC(NC(=O)c1ccc(CNC(=O)C2CCCO2)cc1)C(=O)O. The van der Waals surface area contributed by atoms with Crippen LogP contribution in [0, 0.1) is 0 Å². The van der Waals surface area contributed by atoms with Crippen LogP contribution in [0.15, 0.2) is 24.3 Å². The van der Waals surface area contributed by atoms with E-state index < -0.39 is 17.9 Å². The fourth-order valence-electron chi connectivity index (χ4n) is 2.44. The molecule has 130 valence electrons. The molecule has 7 heteroatoms. The quantitative estimate of drug-likeness (QED) is 0.692. The van der Waals surface area contributed by atoms with Gasteiger partial charge in [-0.3, -0.25) is 9.59 Å². The Morgan fingerprint density at radius 2 is 2.00 bits per heavy atom. The Morgan fingerprint density at radius 1 is 1.29 bits per heavy atom. The van der Waals surface area contributed by atoms with E-state index in [2.05, 4.69) is 10.6 Å². The third kappa shape index (κ3) is 4.79. The summed E-state index contributed by atoms with van der Waals surface area (Å²) in [5.41, 5.74) is 1.23. The zero-order valence-electron chi connectivity index (χ0n) is 13.6. The lowest BCUT2D eigenvalue weighted by Crippen LogP contribution is -2.40. The van der Waals surface area contributed by atoms with Gasteiger partial charge in [0.05, 0.1) is 0 Å². The number of carbonyl (C=O) groups excluding carboxylic acids is 2. The van der Waals surface area contributed by atoms with E-state index in [0.29, 0.717) is 25.1 Å². The summed E-state index contributed by atoms with van der Waals surface area (Å²) in [5, 5.41) is 14.2. The lowest BCUT2D eigenvalue weighted by molar-refractivity contribution is -0.139. The molecule has 2 amide bonds. The number of hydrogen-bond acceptors (Lipinski definition) is 4. The molecule has 0 radical (unpaired) electrons. The summed E-state index contributed by atoms with van der Waals surface area (Å²) >= 11 is 0. The number of ether oxygens (including phenoxy) is 1. The Morgan fingerprint density at radius 3 is 2.54 bits per heavy atom. The molecule has 0 spiro atoms. The van der Waals surface area contributed by atoms with Crippen molar-refractivity contribution in [1.29, 1.82) is 0 Å². The summed E-state index contributed by atoms with van der Waals surface area (Å²) in [6.07, 6.45) is 1.59. The van der Waals surface area contributed by atoms with Crippen molar-refractivity contribution in [2.24, 2.45) is 0 Å². The number of carboxylic acids is 1. The molecular formula is C17H22N2O5. The molecule has 0 aromatic heterocycles. The molecular weight excluding hydrogens is 312 g/mol. The van der Waals surface area contributed by atoms with E-state index in [9.17, 15) is 14.4 Å². The van der Waals surface area contributed by atoms with E-state index in [0.717, 1.165) is 18.4 Å². The third-order valence-corrected chi connectivity index (χ3v) is 3.92. The van der Waals surface area contributed by atoms with Crippen LogP contribution in [0.1, 0.15) is 42.1 Å². The van der Waals surface area contributed by atoms with Gasteiger partial charge >= 0.3 is 5.97 Å². The highest BCUT2D eigenvalue weighted by Crippen LogP contribution is 2.12. The fraction of sp³-hybridized carbons (Fsp3) is 0.471. The molecule has 1 aromatic rings. The Balaban J connectivity index is 1.86. The normalized spacial score (nSPS) is 18.0. The van der Waals surface area contributed by atoms with Crippen LogP contribution >= 0.6 is 0 Å². The molecule has 1 heterocycles. The molecule has 0 aliphatic carbocycles. The van der Waals surface area contributed by atoms with E-state index in [1.165, 1.54) is 0 Å². The maximum Gasteiger partial charge on any atom is 0.326 e. The summed E-state index contributed by atoms with van der Waals surface area (Å²) < 4.78 is 5.31. The van der Waals surface area contributed by atoms with Gasteiger partial charge < -0.3 is 20.5 Å². The number of amides is 2. The number of benzene rings is 1. The van der Waals surface area contributed by atoms with Gasteiger partial charge in [0.1, 0.15) is 12.1 Å². The van der Waals surface area contributed by atoms with Gasteiger partial charge in [0.15, 0.2) is 0 Å². The summed E-state index contributed by atoms with van der Waals surface area (Å²) in [4.78, 5) is 34.8. The number of hydrogen-bond donors (Lipinski definition) is 3. The molecule has 1 aliphatic rings. The Labute approximate surface area is 140 Å². The van der Waals surface area contributed by atoms with E-state index in [-0.39, 0.29) is 12.0 Å². The second kappa shape index (κ2) is 8.44. The lowest BCUT2D eigenvalue weighted by Gasteiger charge is -2.13. The van der Waals surface area contributed by atoms with Crippen molar-refractivity contribution in [2.75, 3.05) is 6.61 Å². The smallest absolute Gasteiger partial charge is 0.326 e. The maximum atomic E-state index is 12.0. The second-order valence-electron chi connectivity index (χ2n) is 5.69. The highest BCUT2D eigenvalue weighted by atomic mass is 16.5. The monoisotopic (exact) mass is 334 g/mol.